The molecule has 0 radical (unpaired) electrons. The predicted molar refractivity (Wildman–Crippen MR) is 100 cm³/mol. The zero-order valence-corrected chi connectivity index (χ0v) is 17.4. The standard InChI is InChI=1S/C20H31N3O6/c1-20(2,3)29-19(28)23-12-5-8-14(23)17(25)21-10-4-7-13(21)16(24)22-11-6-9-15(22)18(26)27/h13-15H,4-12H2,1-3H3,(H,26,27)/p-1. The smallest absolute Gasteiger partial charge is 0.410 e. The molecule has 29 heavy (non-hydrogen) atoms. The molecule has 0 aromatic rings. The van der Waals surface area contributed by atoms with Gasteiger partial charge in [0, 0.05) is 19.6 Å². The first kappa shape index (κ1) is 21.4. The second-order valence-corrected chi connectivity index (χ2v) is 9.03. The van der Waals surface area contributed by atoms with Crippen molar-refractivity contribution in [1.29, 1.82) is 0 Å². The number of hydrogen-bond donors (Lipinski definition) is 0. The first-order valence-electron chi connectivity index (χ1n) is 10.4. The summed E-state index contributed by atoms with van der Waals surface area (Å²) < 4.78 is 5.43. The van der Waals surface area contributed by atoms with Crippen LogP contribution in [0.15, 0.2) is 0 Å². The molecule has 3 aliphatic rings. The van der Waals surface area contributed by atoms with Crippen LogP contribution in [0.5, 0.6) is 0 Å². The minimum absolute atomic E-state index is 0.256. The number of likely N-dealkylation sites (tertiary alicyclic amines) is 3. The van der Waals surface area contributed by atoms with Crippen LogP contribution in [0.2, 0.25) is 0 Å². The molecule has 3 fully saturated rings. The monoisotopic (exact) mass is 408 g/mol. The Morgan fingerprint density at radius 2 is 1.17 bits per heavy atom. The minimum Gasteiger partial charge on any atom is -0.548 e. The lowest BCUT2D eigenvalue weighted by Crippen LogP contribution is -2.56. The summed E-state index contributed by atoms with van der Waals surface area (Å²) in [5, 5.41) is 11.3. The van der Waals surface area contributed by atoms with E-state index in [0.29, 0.717) is 58.2 Å². The number of ether oxygens (including phenoxy) is 1. The number of carboxylic acid groups (broad SMARTS) is 1. The number of amides is 3. The van der Waals surface area contributed by atoms with Crippen LogP contribution in [0.1, 0.15) is 59.3 Å². The summed E-state index contributed by atoms with van der Waals surface area (Å²) in [7, 11) is 0. The Morgan fingerprint density at radius 1 is 0.759 bits per heavy atom. The van der Waals surface area contributed by atoms with E-state index in [9.17, 15) is 24.3 Å². The Labute approximate surface area is 170 Å². The van der Waals surface area contributed by atoms with Crippen molar-refractivity contribution in [3.05, 3.63) is 0 Å². The summed E-state index contributed by atoms with van der Waals surface area (Å²) in [5.74, 6) is -1.84. The molecule has 0 N–H and O–H groups in total. The van der Waals surface area contributed by atoms with Gasteiger partial charge in [-0.2, -0.15) is 0 Å². The van der Waals surface area contributed by atoms with Crippen molar-refractivity contribution in [2.75, 3.05) is 19.6 Å². The molecule has 3 amide bonds. The van der Waals surface area contributed by atoms with Gasteiger partial charge in [-0.3, -0.25) is 14.5 Å². The first-order chi connectivity index (χ1) is 13.6. The van der Waals surface area contributed by atoms with Crippen molar-refractivity contribution < 1.29 is 29.0 Å². The fourth-order valence-electron chi connectivity index (χ4n) is 4.51. The highest BCUT2D eigenvalue weighted by atomic mass is 16.6. The van der Waals surface area contributed by atoms with Crippen LogP contribution < -0.4 is 5.11 Å². The van der Waals surface area contributed by atoms with Crippen molar-refractivity contribution in [2.24, 2.45) is 0 Å². The SMILES string of the molecule is CC(C)(C)OC(=O)N1CCCC1C(=O)N1CCCC1C(=O)N1CCCC1C(=O)[O-]. The Balaban J connectivity index is 1.71. The number of nitrogens with zero attached hydrogens (tertiary/aromatic N) is 3. The number of carbonyl (C=O) groups is 4. The molecule has 3 unspecified atom stereocenters. The lowest BCUT2D eigenvalue weighted by Gasteiger charge is -2.34. The van der Waals surface area contributed by atoms with Gasteiger partial charge in [0.15, 0.2) is 0 Å². The average molecular weight is 408 g/mol. The Hall–Kier alpha value is -2.32. The van der Waals surface area contributed by atoms with Gasteiger partial charge in [-0.1, -0.05) is 0 Å². The molecule has 0 aromatic carbocycles. The highest BCUT2D eigenvalue weighted by molar-refractivity contribution is 5.93. The van der Waals surface area contributed by atoms with Gasteiger partial charge in [0.05, 0.1) is 12.0 Å². The van der Waals surface area contributed by atoms with Crippen molar-refractivity contribution >= 4 is 23.9 Å². The molecule has 3 aliphatic heterocycles. The molecule has 0 spiro atoms. The third-order valence-electron chi connectivity index (χ3n) is 5.79. The molecule has 3 rings (SSSR count). The maximum atomic E-state index is 13.3. The number of hydrogen-bond acceptors (Lipinski definition) is 6. The van der Waals surface area contributed by atoms with Crippen molar-refractivity contribution in [2.45, 2.75) is 83.0 Å². The van der Waals surface area contributed by atoms with E-state index in [1.54, 1.807) is 20.8 Å². The highest BCUT2D eigenvalue weighted by Crippen LogP contribution is 2.29. The van der Waals surface area contributed by atoms with E-state index >= 15 is 0 Å². The van der Waals surface area contributed by atoms with Gasteiger partial charge in [0.2, 0.25) is 11.8 Å². The Kier molecular flexibility index (Phi) is 6.05. The van der Waals surface area contributed by atoms with Crippen molar-refractivity contribution in [1.82, 2.24) is 14.7 Å². The van der Waals surface area contributed by atoms with E-state index in [1.807, 2.05) is 0 Å². The molecule has 0 aromatic heterocycles. The van der Waals surface area contributed by atoms with E-state index < -0.39 is 35.8 Å². The summed E-state index contributed by atoms with van der Waals surface area (Å²) >= 11 is 0. The van der Waals surface area contributed by atoms with Gasteiger partial charge in [-0.05, 0) is 59.3 Å². The molecule has 0 bridgehead atoms. The number of carboxylic acids is 1. The average Bonchev–Trinajstić information content (AvgIpc) is 3.38. The van der Waals surface area contributed by atoms with Crippen molar-refractivity contribution in [3.8, 4) is 0 Å². The van der Waals surface area contributed by atoms with Crippen LogP contribution in [0.25, 0.3) is 0 Å². The van der Waals surface area contributed by atoms with Crippen LogP contribution in [-0.4, -0.2) is 81.9 Å². The van der Waals surface area contributed by atoms with E-state index in [1.165, 1.54) is 14.7 Å². The zero-order chi connectivity index (χ0) is 21.3. The maximum absolute atomic E-state index is 13.3. The van der Waals surface area contributed by atoms with Crippen LogP contribution in [0, 0.1) is 0 Å². The quantitative estimate of drug-likeness (QED) is 0.656. The molecule has 0 saturated carbocycles. The number of carbonyl (C=O) groups excluding carboxylic acids is 4. The van der Waals surface area contributed by atoms with Gasteiger partial charge in [0.25, 0.3) is 0 Å². The molecular weight excluding hydrogens is 378 g/mol. The van der Waals surface area contributed by atoms with Gasteiger partial charge >= 0.3 is 6.09 Å². The number of rotatable bonds is 3. The fraction of sp³-hybridized carbons (Fsp3) is 0.800. The predicted octanol–water partition coefficient (Wildman–Crippen LogP) is 0.118. The largest absolute Gasteiger partial charge is 0.548 e. The number of aliphatic carboxylic acids is 1. The summed E-state index contributed by atoms with van der Waals surface area (Å²) in [6.45, 7) is 6.56. The van der Waals surface area contributed by atoms with Crippen molar-refractivity contribution in [3.63, 3.8) is 0 Å². The van der Waals surface area contributed by atoms with E-state index in [-0.39, 0.29) is 11.8 Å². The van der Waals surface area contributed by atoms with E-state index in [0.717, 1.165) is 0 Å². The van der Waals surface area contributed by atoms with Crippen LogP contribution in [0.3, 0.4) is 0 Å². The summed E-state index contributed by atoms with van der Waals surface area (Å²) in [4.78, 5) is 54.5. The lowest BCUT2D eigenvalue weighted by atomic mass is 10.1. The van der Waals surface area contributed by atoms with Crippen LogP contribution >= 0.6 is 0 Å². The highest BCUT2D eigenvalue weighted by Gasteiger charge is 2.45. The summed E-state index contributed by atoms with van der Waals surface area (Å²) in [6, 6.07) is -2.25. The van der Waals surface area contributed by atoms with E-state index in [4.69, 9.17) is 4.74 Å². The topological polar surface area (TPSA) is 110 Å². The molecule has 0 aliphatic carbocycles. The normalized spacial score (nSPS) is 27.4. The van der Waals surface area contributed by atoms with Gasteiger partial charge in [0.1, 0.15) is 17.7 Å². The first-order valence-corrected chi connectivity index (χ1v) is 10.4. The molecule has 162 valence electrons. The zero-order valence-electron chi connectivity index (χ0n) is 17.4. The van der Waals surface area contributed by atoms with Crippen LogP contribution in [-0.2, 0) is 19.1 Å². The molecule has 9 nitrogen and oxygen atoms in total. The molecule has 9 heteroatoms. The summed E-state index contributed by atoms with van der Waals surface area (Å²) in [6.07, 6.45) is 2.86. The van der Waals surface area contributed by atoms with Gasteiger partial charge in [-0.25, -0.2) is 4.79 Å². The Bertz CT molecular complexity index is 688. The molecular formula is C20H30N3O6-. The second-order valence-electron chi connectivity index (χ2n) is 9.03. The summed E-state index contributed by atoms with van der Waals surface area (Å²) in [5.41, 5.74) is -0.658. The lowest BCUT2D eigenvalue weighted by molar-refractivity contribution is -0.310. The Morgan fingerprint density at radius 3 is 1.66 bits per heavy atom. The van der Waals surface area contributed by atoms with Gasteiger partial charge in [-0.15, -0.1) is 0 Å². The maximum Gasteiger partial charge on any atom is 0.410 e. The minimum atomic E-state index is -1.25. The molecule has 3 atom stereocenters. The second kappa shape index (κ2) is 8.20. The van der Waals surface area contributed by atoms with Crippen LogP contribution in [0.4, 0.5) is 4.79 Å². The fourth-order valence-corrected chi connectivity index (χ4v) is 4.51. The third kappa shape index (κ3) is 4.48. The van der Waals surface area contributed by atoms with Gasteiger partial charge < -0.3 is 24.4 Å². The molecule has 3 saturated heterocycles. The third-order valence-corrected chi connectivity index (χ3v) is 5.79. The molecule has 3 heterocycles. The van der Waals surface area contributed by atoms with E-state index in [2.05, 4.69) is 0 Å².